The molecule has 1 aromatic carbocycles. The van der Waals surface area contributed by atoms with Crippen molar-refractivity contribution in [3.05, 3.63) is 75.9 Å². The van der Waals surface area contributed by atoms with Crippen molar-refractivity contribution in [1.29, 1.82) is 0 Å². The number of hydrogen-bond donors (Lipinski definition) is 0. The first-order chi connectivity index (χ1) is 13.0. The molecule has 4 rings (SSSR count). The Morgan fingerprint density at radius 1 is 1.22 bits per heavy atom. The number of nitrogens with zero attached hydrogens (tertiary/aromatic N) is 3. The van der Waals surface area contributed by atoms with Crippen molar-refractivity contribution in [3.63, 3.8) is 0 Å². The van der Waals surface area contributed by atoms with Crippen molar-refractivity contribution < 1.29 is 9.21 Å². The molecule has 0 unspecified atom stereocenters. The molecule has 1 amide bonds. The van der Waals surface area contributed by atoms with E-state index in [2.05, 4.69) is 25.9 Å². The highest BCUT2D eigenvalue weighted by Gasteiger charge is 2.25. The number of carbonyl (C=O) groups is 1. The minimum atomic E-state index is -0.145. The quantitative estimate of drug-likeness (QED) is 0.418. The molecule has 0 fully saturated rings. The van der Waals surface area contributed by atoms with Gasteiger partial charge < -0.3 is 4.42 Å². The number of aryl methyl sites for hydroxylation is 2. The van der Waals surface area contributed by atoms with Crippen molar-refractivity contribution in [1.82, 2.24) is 9.97 Å². The van der Waals surface area contributed by atoms with E-state index < -0.39 is 0 Å². The largest absolute Gasteiger partial charge is 0.466 e. The molecule has 0 atom stereocenters. The second-order valence-electron chi connectivity index (χ2n) is 6.15. The van der Waals surface area contributed by atoms with E-state index in [1.165, 1.54) is 11.3 Å². The summed E-state index contributed by atoms with van der Waals surface area (Å²) >= 11 is 4.97. The minimum Gasteiger partial charge on any atom is -0.466 e. The van der Waals surface area contributed by atoms with Crippen LogP contribution in [0.15, 0.2) is 57.6 Å². The van der Waals surface area contributed by atoms with Crippen LogP contribution in [0.25, 0.3) is 10.2 Å². The average Bonchev–Trinajstić information content (AvgIpc) is 3.22. The van der Waals surface area contributed by atoms with Gasteiger partial charge in [-0.2, -0.15) is 0 Å². The maximum Gasteiger partial charge on any atom is 0.263 e. The lowest BCUT2D eigenvalue weighted by atomic mass is 10.2. The first-order valence-corrected chi connectivity index (χ1v) is 9.97. The first kappa shape index (κ1) is 17.9. The maximum absolute atomic E-state index is 13.3. The number of aromatic nitrogens is 2. The summed E-state index contributed by atoms with van der Waals surface area (Å²) in [5.41, 5.74) is 2.20. The van der Waals surface area contributed by atoms with Crippen LogP contribution in [0.3, 0.4) is 0 Å². The normalized spacial score (nSPS) is 11.1. The van der Waals surface area contributed by atoms with Gasteiger partial charge in [-0.25, -0.2) is 4.98 Å². The summed E-state index contributed by atoms with van der Waals surface area (Å²) in [5, 5.41) is 0.636. The minimum absolute atomic E-state index is 0.145. The molecule has 136 valence electrons. The van der Waals surface area contributed by atoms with Gasteiger partial charge in [-0.1, -0.05) is 33.3 Å². The molecule has 0 radical (unpaired) electrons. The number of rotatable bonds is 4. The number of fused-ring (bicyclic) bond motifs is 1. The van der Waals surface area contributed by atoms with Gasteiger partial charge in [0.1, 0.15) is 11.5 Å². The molecule has 0 N–H and O–H groups in total. The van der Waals surface area contributed by atoms with Crippen LogP contribution in [0.2, 0.25) is 0 Å². The standard InChI is InChI=1S/C20H16BrN3O2S/c1-12-9-16(13(2)26-12)19(25)24(11-15-5-3-4-8-22-15)20-23-17-7-6-14(21)10-18(17)27-20/h3-10H,11H2,1-2H3. The van der Waals surface area contributed by atoms with Crippen LogP contribution in [0.4, 0.5) is 5.13 Å². The van der Waals surface area contributed by atoms with Crippen molar-refractivity contribution in [2.75, 3.05) is 4.90 Å². The lowest BCUT2D eigenvalue weighted by Gasteiger charge is -2.19. The fraction of sp³-hybridized carbons (Fsp3) is 0.150. The summed E-state index contributed by atoms with van der Waals surface area (Å²) in [6.07, 6.45) is 1.72. The number of furan rings is 1. The van der Waals surface area contributed by atoms with Crippen LogP contribution in [-0.4, -0.2) is 15.9 Å². The molecule has 7 heteroatoms. The number of carbonyl (C=O) groups excluding carboxylic acids is 1. The third-order valence-corrected chi connectivity index (χ3v) is 5.67. The molecule has 3 heterocycles. The summed E-state index contributed by atoms with van der Waals surface area (Å²) in [4.78, 5) is 24.0. The Labute approximate surface area is 168 Å². The Morgan fingerprint density at radius 3 is 2.78 bits per heavy atom. The molecule has 0 saturated heterocycles. The van der Waals surface area contributed by atoms with Crippen LogP contribution in [0.1, 0.15) is 27.6 Å². The van der Waals surface area contributed by atoms with E-state index in [-0.39, 0.29) is 5.91 Å². The summed E-state index contributed by atoms with van der Waals surface area (Å²) in [6, 6.07) is 13.3. The SMILES string of the molecule is Cc1cc(C(=O)N(Cc2ccccn2)c2nc3ccc(Br)cc3s2)c(C)o1. The molecule has 5 nitrogen and oxygen atoms in total. The van der Waals surface area contributed by atoms with Crippen molar-refractivity contribution in [2.24, 2.45) is 0 Å². The molecule has 0 aliphatic carbocycles. The van der Waals surface area contributed by atoms with Gasteiger partial charge in [-0.15, -0.1) is 0 Å². The smallest absolute Gasteiger partial charge is 0.263 e. The van der Waals surface area contributed by atoms with Crippen LogP contribution in [-0.2, 0) is 6.54 Å². The molecule has 27 heavy (non-hydrogen) atoms. The van der Waals surface area contributed by atoms with E-state index in [1.54, 1.807) is 24.1 Å². The van der Waals surface area contributed by atoms with E-state index in [0.29, 0.717) is 28.8 Å². The number of anilines is 1. The number of benzene rings is 1. The predicted octanol–water partition coefficient (Wildman–Crippen LogP) is 5.51. The van der Waals surface area contributed by atoms with Gasteiger partial charge in [-0.05, 0) is 50.2 Å². The molecule has 3 aromatic heterocycles. The average molecular weight is 442 g/mol. The second kappa shape index (κ2) is 7.25. The van der Waals surface area contributed by atoms with Crippen LogP contribution in [0.5, 0.6) is 0 Å². The maximum atomic E-state index is 13.3. The zero-order chi connectivity index (χ0) is 19.0. The number of amides is 1. The van der Waals surface area contributed by atoms with Crippen LogP contribution >= 0.6 is 27.3 Å². The van der Waals surface area contributed by atoms with Gasteiger partial charge >= 0.3 is 0 Å². The zero-order valence-corrected chi connectivity index (χ0v) is 17.2. The van der Waals surface area contributed by atoms with E-state index in [1.807, 2.05) is 43.3 Å². The van der Waals surface area contributed by atoms with E-state index in [9.17, 15) is 4.79 Å². The zero-order valence-electron chi connectivity index (χ0n) is 14.8. The Hall–Kier alpha value is -2.51. The lowest BCUT2D eigenvalue weighted by molar-refractivity contribution is 0.0983. The van der Waals surface area contributed by atoms with Crippen LogP contribution in [0, 0.1) is 13.8 Å². The molecular weight excluding hydrogens is 426 g/mol. The van der Waals surface area contributed by atoms with Gasteiger partial charge in [-0.3, -0.25) is 14.7 Å². The molecule has 0 spiro atoms. The first-order valence-electron chi connectivity index (χ1n) is 8.36. The highest BCUT2D eigenvalue weighted by atomic mass is 79.9. The van der Waals surface area contributed by atoms with Crippen LogP contribution < -0.4 is 4.90 Å². The van der Waals surface area contributed by atoms with Crippen molar-refractivity contribution in [3.8, 4) is 0 Å². The van der Waals surface area contributed by atoms with Gasteiger partial charge in [0, 0.05) is 10.7 Å². The monoisotopic (exact) mass is 441 g/mol. The van der Waals surface area contributed by atoms with E-state index >= 15 is 0 Å². The van der Waals surface area contributed by atoms with E-state index in [0.717, 1.165) is 20.4 Å². The highest BCUT2D eigenvalue weighted by molar-refractivity contribution is 9.10. The number of halogens is 1. The molecule has 0 saturated carbocycles. The number of thiazole rings is 1. The van der Waals surface area contributed by atoms with Gasteiger partial charge in [0.25, 0.3) is 5.91 Å². The fourth-order valence-electron chi connectivity index (χ4n) is 2.87. The number of hydrogen-bond acceptors (Lipinski definition) is 5. The van der Waals surface area contributed by atoms with Gasteiger partial charge in [0.05, 0.1) is 28.0 Å². The molecule has 0 bridgehead atoms. The predicted molar refractivity (Wildman–Crippen MR) is 110 cm³/mol. The second-order valence-corrected chi connectivity index (χ2v) is 8.07. The molecule has 0 aliphatic heterocycles. The summed E-state index contributed by atoms with van der Waals surface area (Å²) < 4.78 is 7.55. The molecule has 0 aliphatic rings. The Kier molecular flexibility index (Phi) is 4.80. The van der Waals surface area contributed by atoms with Crippen molar-refractivity contribution >= 4 is 48.5 Å². The molecule has 4 aromatic rings. The topological polar surface area (TPSA) is 59.2 Å². The van der Waals surface area contributed by atoms with Gasteiger partial charge in [0.2, 0.25) is 0 Å². The number of pyridine rings is 1. The third kappa shape index (κ3) is 3.65. The lowest BCUT2D eigenvalue weighted by Crippen LogP contribution is -2.30. The Balaban J connectivity index is 1.79. The summed E-state index contributed by atoms with van der Waals surface area (Å²) in [5.74, 6) is 1.17. The Bertz CT molecular complexity index is 1120. The third-order valence-electron chi connectivity index (χ3n) is 4.13. The summed E-state index contributed by atoms with van der Waals surface area (Å²) in [7, 11) is 0. The molecular formula is C20H16BrN3O2S. The van der Waals surface area contributed by atoms with E-state index in [4.69, 9.17) is 4.42 Å². The Morgan fingerprint density at radius 2 is 2.07 bits per heavy atom. The van der Waals surface area contributed by atoms with Crippen molar-refractivity contribution in [2.45, 2.75) is 20.4 Å². The summed E-state index contributed by atoms with van der Waals surface area (Å²) in [6.45, 7) is 3.97. The fourth-order valence-corrected chi connectivity index (χ4v) is 4.39. The highest BCUT2D eigenvalue weighted by Crippen LogP contribution is 2.33. The van der Waals surface area contributed by atoms with Gasteiger partial charge in [0.15, 0.2) is 5.13 Å².